The Morgan fingerprint density at radius 1 is 1.16 bits per heavy atom. The molecule has 0 atom stereocenters. The first kappa shape index (κ1) is 14.6. The van der Waals surface area contributed by atoms with E-state index < -0.39 is 10.0 Å². The fourth-order valence-electron chi connectivity index (χ4n) is 1.39. The summed E-state index contributed by atoms with van der Waals surface area (Å²) in [5, 5.41) is 0.485. The first-order valence-corrected chi connectivity index (χ1v) is 8.25. The molecule has 3 N–H and O–H groups in total. The number of rotatable bonds is 4. The van der Waals surface area contributed by atoms with Crippen molar-refractivity contribution in [2.24, 2.45) is 5.73 Å². The fraction of sp³-hybridized carbons (Fsp3) is 0.0909. The van der Waals surface area contributed by atoms with Crippen LogP contribution in [0, 0.1) is 0 Å². The van der Waals surface area contributed by atoms with Crippen LogP contribution in [0.3, 0.4) is 0 Å². The van der Waals surface area contributed by atoms with E-state index in [1.54, 1.807) is 24.3 Å². The summed E-state index contributed by atoms with van der Waals surface area (Å²) < 4.78 is 26.9. The minimum absolute atomic E-state index is 0.170. The number of thiophene rings is 1. The monoisotopic (exact) mass is 336 g/mol. The maximum absolute atomic E-state index is 12.2. The van der Waals surface area contributed by atoms with Crippen molar-refractivity contribution in [3.8, 4) is 0 Å². The topological polar surface area (TPSA) is 72.2 Å². The van der Waals surface area contributed by atoms with Crippen molar-refractivity contribution in [3.63, 3.8) is 0 Å². The van der Waals surface area contributed by atoms with Crippen LogP contribution in [-0.2, 0) is 16.6 Å². The van der Waals surface area contributed by atoms with E-state index in [0.29, 0.717) is 6.54 Å². The second-order valence-corrected chi connectivity index (χ2v) is 7.52. The molecule has 0 aliphatic rings. The Labute approximate surface area is 125 Å². The van der Waals surface area contributed by atoms with Gasteiger partial charge in [-0.25, -0.2) is 8.42 Å². The molecule has 0 bridgehead atoms. The van der Waals surface area contributed by atoms with Crippen molar-refractivity contribution in [1.29, 1.82) is 0 Å². The lowest BCUT2D eigenvalue weighted by Crippen LogP contribution is -2.12. The molecule has 0 fully saturated rings. The summed E-state index contributed by atoms with van der Waals surface area (Å²) in [6, 6.07) is 7.93. The number of benzene rings is 1. The van der Waals surface area contributed by atoms with Gasteiger partial charge in [0.25, 0.3) is 10.0 Å². The van der Waals surface area contributed by atoms with Crippen molar-refractivity contribution < 1.29 is 8.42 Å². The third-order valence-corrected chi connectivity index (χ3v) is 5.88. The predicted octanol–water partition coefficient (Wildman–Crippen LogP) is 3.31. The molecule has 2 aromatic rings. The molecule has 0 radical (unpaired) electrons. The molecular formula is C11H10Cl2N2O2S2. The van der Waals surface area contributed by atoms with E-state index in [1.807, 2.05) is 0 Å². The molecule has 102 valence electrons. The van der Waals surface area contributed by atoms with Gasteiger partial charge < -0.3 is 5.73 Å². The van der Waals surface area contributed by atoms with Gasteiger partial charge >= 0.3 is 0 Å². The molecule has 0 amide bonds. The van der Waals surface area contributed by atoms with Crippen LogP contribution in [0.5, 0.6) is 0 Å². The summed E-state index contributed by atoms with van der Waals surface area (Å²) in [7, 11) is -3.70. The average Bonchev–Trinajstić information content (AvgIpc) is 2.83. The maximum Gasteiger partial charge on any atom is 0.271 e. The van der Waals surface area contributed by atoms with Crippen molar-refractivity contribution >= 4 is 50.2 Å². The number of para-hydroxylation sites is 1. The number of nitrogens with one attached hydrogen (secondary N) is 1. The standard InChI is InChI=1S/C11H10Cl2N2O2S2/c12-8-2-1-3-9(13)11(8)15-19(16,17)10-5-4-7(6-14)18-10/h1-5,15H,6,14H2. The maximum atomic E-state index is 12.2. The largest absolute Gasteiger partial charge is 0.326 e. The molecule has 8 heteroatoms. The molecule has 0 saturated carbocycles. The van der Waals surface area contributed by atoms with Crippen LogP contribution in [0.25, 0.3) is 0 Å². The number of hydrogen-bond donors (Lipinski definition) is 2. The minimum Gasteiger partial charge on any atom is -0.326 e. The molecule has 0 aliphatic carbocycles. The molecule has 1 aromatic heterocycles. The van der Waals surface area contributed by atoms with Crippen LogP contribution >= 0.6 is 34.5 Å². The van der Waals surface area contributed by atoms with Gasteiger partial charge in [0, 0.05) is 11.4 Å². The Morgan fingerprint density at radius 2 is 1.79 bits per heavy atom. The van der Waals surface area contributed by atoms with E-state index in [9.17, 15) is 8.42 Å². The quantitative estimate of drug-likeness (QED) is 0.899. The molecule has 0 unspecified atom stereocenters. The Balaban J connectivity index is 2.36. The van der Waals surface area contributed by atoms with E-state index in [4.69, 9.17) is 28.9 Å². The molecule has 19 heavy (non-hydrogen) atoms. The van der Waals surface area contributed by atoms with Crippen molar-refractivity contribution in [1.82, 2.24) is 0 Å². The van der Waals surface area contributed by atoms with Gasteiger partial charge in [-0.05, 0) is 24.3 Å². The third kappa shape index (κ3) is 3.21. The fourth-order valence-corrected chi connectivity index (χ4v) is 4.33. The summed E-state index contributed by atoms with van der Waals surface area (Å²) in [6.07, 6.45) is 0. The predicted molar refractivity (Wildman–Crippen MR) is 79.5 cm³/mol. The molecule has 1 aromatic carbocycles. The number of halogens is 2. The van der Waals surface area contributed by atoms with Gasteiger partial charge in [-0.3, -0.25) is 4.72 Å². The highest BCUT2D eigenvalue weighted by Gasteiger charge is 2.19. The van der Waals surface area contributed by atoms with Gasteiger partial charge in [0.05, 0.1) is 15.7 Å². The third-order valence-electron chi connectivity index (χ3n) is 2.30. The van der Waals surface area contributed by atoms with Gasteiger partial charge in [-0.2, -0.15) is 0 Å². The molecule has 0 spiro atoms. The first-order chi connectivity index (χ1) is 8.94. The number of sulfonamides is 1. The normalized spacial score (nSPS) is 11.5. The van der Waals surface area contributed by atoms with Crippen LogP contribution in [0.2, 0.25) is 10.0 Å². The molecular weight excluding hydrogens is 327 g/mol. The second-order valence-electron chi connectivity index (χ2n) is 3.63. The van der Waals surface area contributed by atoms with Crippen molar-refractivity contribution in [3.05, 3.63) is 45.3 Å². The van der Waals surface area contributed by atoms with Gasteiger partial charge in [0.2, 0.25) is 0 Å². The van der Waals surface area contributed by atoms with Crippen molar-refractivity contribution in [2.75, 3.05) is 4.72 Å². The Morgan fingerprint density at radius 3 is 2.32 bits per heavy atom. The smallest absolute Gasteiger partial charge is 0.271 e. The van der Waals surface area contributed by atoms with Gasteiger partial charge in [0.1, 0.15) is 4.21 Å². The highest BCUT2D eigenvalue weighted by atomic mass is 35.5. The van der Waals surface area contributed by atoms with Crippen molar-refractivity contribution in [2.45, 2.75) is 10.8 Å². The van der Waals surface area contributed by atoms with Crippen LogP contribution in [0.1, 0.15) is 4.88 Å². The van der Waals surface area contributed by atoms with E-state index in [2.05, 4.69) is 4.72 Å². The van der Waals surface area contributed by atoms with Gasteiger partial charge in [-0.1, -0.05) is 29.3 Å². The summed E-state index contributed by atoms with van der Waals surface area (Å²) in [5.74, 6) is 0. The Hall–Kier alpha value is -0.790. The van der Waals surface area contributed by atoms with E-state index in [-0.39, 0.29) is 19.9 Å². The molecule has 4 nitrogen and oxygen atoms in total. The summed E-state index contributed by atoms with van der Waals surface area (Å²) >= 11 is 13.0. The number of nitrogens with two attached hydrogens (primary N) is 1. The lowest BCUT2D eigenvalue weighted by atomic mass is 10.3. The zero-order valence-corrected chi connectivity index (χ0v) is 12.7. The summed E-state index contributed by atoms with van der Waals surface area (Å²) in [4.78, 5) is 0.783. The highest BCUT2D eigenvalue weighted by Crippen LogP contribution is 2.33. The molecule has 1 heterocycles. The lowest BCUT2D eigenvalue weighted by Gasteiger charge is -2.09. The van der Waals surface area contributed by atoms with Crippen LogP contribution < -0.4 is 10.5 Å². The molecule has 2 rings (SSSR count). The van der Waals surface area contributed by atoms with E-state index in [1.165, 1.54) is 6.07 Å². The zero-order chi connectivity index (χ0) is 14.0. The van der Waals surface area contributed by atoms with Gasteiger partial charge in [0.15, 0.2) is 0 Å². The molecule has 0 saturated heterocycles. The minimum atomic E-state index is -3.70. The van der Waals surface area contributed by atoms with Gasteiger partial charge in [-0.15, -0.1) is 11.3 Å². The highest BCUT2D eigenvalue weighted by molar-refractivity contribution is 7.94. The SMILES string of the molecule is NCc1ccc(S(=O)(=O)Nc2c(Cl)cccc2Cl)s1. The Kier molecular flexibility index (Phi) is 4.37. The van der Waals surface area contributed by atoms with Crippen LogP contribution in [0.4, 0.5) is 5.69 Å². The van der Waals surface area contributed by atoms with E-state index in [0.717, 1.165) is 16.2 Å². The summed E-state index contributed by atoms with van der Waals surface area (Å²) in [6.45, 7) is 0.299. The summed E-state index contributed by atoms with van der Waals surface area (Å²) in [5.41, 5.74) is 5.63. The first-order valence-electron chi connectivity index (χ1n) is 5.19. The van der Waals surface area contributed by atoms with E-state index >= 15 is 0 Å². The lowest BCUT2D eigenvalue weighted by molar-refractivity contribution is 0.603. The second kappa shape index (κ2) is 5.68. The van der Waals surface area contributed by atoms with Crippen LogP contribution in [-0.4, -0.2) is 8.42 Å². The van der Waals surface area contributed by atoms with Crippen LogP contribution in [0.15, 0.2) is 34.5 Å². The zero-order valence-electron chi connectivity index (χ0n) is 9.56. The molecule has 0 aliphatic heterocycles. The Bertz CT molecular complexity index is 678. The number of hydrogen-bond acceptors (Lipinski definition) is 4. The average molecular weight is 337 g/mol. The number of anilines is 1.